The summed E-state index contributed by atoms with van der Waals surface area (Å²) >= 11 is 0. The minimum atomic E-state index is -0.777. The summed E-state index contributed by atoms with van der Waals surface area (Å²) in [6, 6.07) is 13.2. The molecule has 0 saturated heterocycles. The van der Waals surface area contributed by atoms with Crippen molar-refractivity contribution in [3.8, 4) is 0 Å². The van der Waals surface area contributed by atoms with Crippen molar-refractivity contribution >= 4 is 16.7 Å². The van der Waals surface area contributed by atoms with E-state index in [0.29, 0.717) is 19.8 Å². The van der Waals surface area contributed by atoms with E-state index in [2.05, 4.69) is 18.2 Å². The highest BCUT2D eigenvalue weighted by atomic mass is 16.7. The number of carbonyl (C=O) groups excluding carboxylic acids is 1. The van der Waals surface area contributed by atoms with Crippen molar-refractivity contribution in [2.45, 2.75) is 72.1 Å². The van der Waals surface area contributed by atoms with Crippen molar-refractivity contribution in [1.82, 2.24) is 4.90 Å². The van der Waals surface area contributed by atoms with Gasteiger partial charge in [-0.25, -0.2) is 0 Å². The molecule has 0 fully saturated rings. The molecule has 2 rings (SSSR count). The van der Waals surface area contributed by atoms with Gasteiger partial charge in [0.1, 0.15) is 6.04 Å². The molecule has 172 valence electrons. The lowest BCUT2D eigenvalue weighted by atomic mass is 10.0. The van der Waals surface area contributed by atoms with Crippen LogP contribution in [0.2, 0.25) is 0 Å². The summed E-state index contributed by atoms with van der Waals surface area (Å²) in [6.45, 7) is 13.1. The van der Waals surface area contributed by atoms with Crippen LogP contribution in [0.25, 0.3) is 10.8 Å². The van der Waals surface area contributed by atoms with Crippen molar-refractivity contribution in [3.05, 3.63) is 48.0 Å². The van der Waals surface area contributed by atoms with E-state index in [1.54, 1.807) is 4.90 Å². The van der Waals surface area contributed by atoms with Crippen LogP contribution in [0.1, 0.15) is 47.1 Å². The third-order valence-electron chi connectivity index (χ3n) is 5.06. The standard InChI is InChI=1S/C25H38N2O4/c1-7-29-24(30-8-2)18(3)27(23(28)22(26)17-31-25(4,5)6)16-20-14-11-13-19-12-9-10-15-21(19)20/h9-15,18,22,24H,7-8,16-17,26H2,1-6H3. The van der Waals surface area contributed by atoms with Gasteiger partial charge in [-0.05, 0) is 57.9 Å². The average Bonchev–Trinajstić information content (AvgIpc) is 2.74. The number of rotatable bonds is 11. The first kappa shape index (κ1) is 25.3. The quantitative estimate of drug-likeness (QED) is 0.543. The molecule has 2 atom stereocenters. The van der Waals surface area contributed by atoms with Gasteiger partial charge in [0.2, 0.25) is 5.91 Å². The predicted octanol–water partition coefficient (Wildman–Crippen LogP) is 4.10. The van der Waals surface area contributed by atoms with Crippen LogP contribution in [-0.4, -0.2) is 54.6 Å². The van der Waals surface area contributed by atoms with Crippen molar-refractivity contribution < 1.29 is 19.0 Å². The van der Waals surface area contributed by atoms with Crippen LogP contribution in [0, 0.1) is 0 Å². The minimum Gasteiger partial charge on any atom is -0.374 e. The maximum absolute atomic E-state index is 13.5. The lowest BCUT2D eigenvalue weighted by Crippen LogP contribution is -2.54. The number of benzene rings is 2. The number of ether oxygens (including phenoxy) is 3. The smallest absolute Gasteiger partial charge is 0.242 e. The monoisotopic (exact) mass is 430 g/mol. The number of hydrogen-bond donors (Lipinski definition) is 1. The van der Waals surface area contributed by atoms with Crippen molar-refractivity contribution in [1.29, 1.82) is 0 Å². The van der Waals surface area contributed by atoms with Gasteiger partial charge < -0.3 is 24.8 Å². The van der Waals surface area contributed by atoms with Gasteiger partial charge in [-0.3, -0.25) is 4.79 Å². The number of nitrogens with two attached hydrogens (primary N) is 1. The normalized spacial score (nSPS) is 14.1. The molecule has 0 spiro atoms. The van der Waals surface area contributed by atoms with Crippen LogP contribution < -0.4 is 5.73 Å². The highest BCUT2D eigenvalue weighted by Crippen LogP contribution is 2.23. The second-order valence-corrected chi connectivity index (χ2v) is 8.65. The van der Waals surface area contributed by atoms with Crippen LogP contribution >= 0.6 is 0 Å². The first-order valence-corrected chi connectivity index (χ1v) is 11.1. The first-order valence-electron chi connectivity index (χ1n) is 11.1. The fraction of sp³-hybridized carbons (Fsp3) is 0.560. The van der Waals surface area contributed by atoms with E-state index in [4.69, 9.17) is 19.9 Å². The summed E-state index contributed by atoms with van der Waals surface area (Å²) in [6.07, 6.45) is -0.537. The van der Waals surface area contributed by atoms with E-state index in [1.165, 1.54) is 0 Å². The molecule has 6 nitrogen and oxygen atoms in total. The van der Waals surface area contributed by atoms with Gasteiger partial charge in [-0.15, -0.1) is 0 Å². The molecule has 0 saturated carbocycles. The summed E-state index contributed by atoms with van der Waals surface area (Å²) in [5, 5.41) is 2.24. The van der Waals surface area contributed by atoms with Crippen molar-refractivity contribution in [2.75, 3.05) is 19.8 Å². The molecule has 31 heavy (non-hydrogen) atoms. The number of amides is 1. The molecule has 0 aliphatic heterocycles. The molecule has 0 aliphatic rings. The number of carbonyl (C=O) groups is 1. The van der Waals surface area contributed by atoms with Crippen LogP contribution in [0.4, 0.5) is 0 Å². The first-order chi connectivity index (χ1) is 14.7. The van der Waals surface area contributed by atoms with Gasteiger partial charge in [-0.1, -0.05) is 42.5 Å². The summed E-state index contributed by atoms with van der Waals surface area (Å²) in [7, 11) is 0. The van der Waals surface area contributed by atoms with Crippen molar-refractivity contribution in [2.24, 2.45) is 5.73 Å². The largest absolute Gasteiger partial charge is 0.374 e. The van der Waals surface area contributed by atoms with E-state index in [0.717, 1.165) is 16.3 Å². The maximum atomic E-state index is 13.5. The molecule has 2 N–H and O–H groups in total. The number of fused-ring (bicyclic) bond motifs is 1. The predicted molar refractivity (Wildman–Crippen MR) is 125 cm³/mol. The van der Waals surface area contributed by atoms with Gasteiger partial charge in [0.25, 0.3) is 0 Å². The Morgan fingerprint density at radius 1 is 1.03 bits per heavy atom. The Morgan fingerprint density at radius 2 is 1.65 bits per heavy atom. The molecule has 0 aromatic heterocycles. The Morgan fingerprint density at radius 3 is 2.26 bits per heavy atom. The molecule has 1 amide bonds. The highest BCUT2D eigenvalue weighted by Gasteiger charge is 2.32. The number of hydrogen-bond acceptors (Lipinski definition) is 5. The second-order valence-electron chi connectivity index (χ2n) is 8.65. The topological polar surface area (TPSA) is 74.0 Å². The van der Waals surface area contributed by atoms with E-state index >= 15 is 0 Å². The molecule has 0 heterocycles. The lowest BCUT2D eigenvalue weighted by Gasteiger charge is -2.36. The maximum Gasteiger partial charge on any atom is 0.242 e. The summed E-state index contributed by atoms with van der Waals surface area (Å²) in [5.74, 6) is -0.186. The Hall–Kier alpha value is -1.99. The van der Waals surface area contributed by atoms with Gasteiger partial charge in [0.15, 0.2) is 6.29 Å². The summed E-state index contributed by atoms with van der Waals surface area (Å²) in [4.78, 5) is 15.2. The SMILES string of the molecule is CCOC(OCC)C(C)N(Cc1cccc2ccccc12)C(=O)C(N)COC(C)(C)C. The van der Waals surface area contributed by atoms with Crippen molar-refractivity contribution in [3.63, 3.8) is 0 Å². The Bertz CT molecular complexity index is 822. The summed E-state index contributed by atoms with van der Waals surface area (Å²) < 4.78 is 17.4. The van der Waals surface area contributed by atoms with Crippen LogP contribution in [0.5, 0.6) is 0 Å². The fourth-order valence-corrected chi connectivity index (χ4v) is 3.46. The van der Waals surface area contributed by atoms with E-state index in [9.17, 15) is 4.79 Å². The minimum absolute atomic E-state index is 0.148. The number of nitrogens with zero attached hydrogens (tertiary/aromatic N) is 1. The second kappa shape index (κ2) is 11.6. The van der Waals surface area contributed by atoms with Crippen LogP contribution in [0.15, 0.2) is 42.5 Å². The lowest BCUT2D eigenvalue weighted by molar-refractivity contribution is -0.180. The van der Waals surface area contributed by atoms with Gasteiger partial charge in [0.05, 0.1) is 18.2 Å². The Kier molecular flexibility index (Phi) is 9.44. The van der Waals surface area contributed by atoms with Gasteiger partial charge >= 0.3 is 0 Å². The molecule has 0 bridgehead atoms. The fourth-order valence-electron chi connectivity index (χ4n) is 3.46. The zero-order valence-corrected chi connectivity index (χ0v) is 19.8. The van der Waals surface area contributed by atoms with E-state index in [-0.39, 0.29) is 24.2 Å². The molecule has 2 aromatic rings. The summed E-state index contributed by atoms with van der Waals surface area (Å²) in [5.41, 5.74) is 6.96. The molecular formula is C25H38N2O4. The molecule has 6 heteroatoms. The third kappa shape index (κ3) is 7.28. The van der Waals surface area contributed by atoms with Crippen LogP contribution in [-0.2, 0) is 25.5 Å². The van der Waals surface area contributed by atoms with E-state index in [1.807, 2.05) is 65.8 Å². The van der Waals surface area contributed by atoms with Crippen LogP contribution in [0.3, 0.4) is 0 Å². The zero-order chi connectivity index (χ0) is 23.0. The molecular weight excluding hydrogens is 392 g/mol. The van der Waals surface area contributed by atoms with Gasteiger partial charge in [0, 0.05) is 19.8 Å². The highest BCUT2D eigenvalue weighted by molar-refractivity contribution is 5.87. The van der Waals surface area contributed by atoms with Gasteiger partial charge in [-0.2, -0.15) is 0 Å². The third-order valence-corrected chi connectivity index (χ3v) is 5.06. The average molecular weight is 431 g/mol. The molecule has 0 radical (unpaired) electrons. The molecule has 0 aliphatic carbocycles. The Labute approximate surface area is 186 Å². The van der Waals surface area contributed by atoms with E-state index < -0.39 is 12.3 Å². The molecule has 2 aromatic carbocycles. The molecule has 2 unspecified atom stereocenters. The Balaban J connectivity index is 2.35. The zero-order valence-electron chi connectivity index (χ0n) is 19.8.